The minimum absolute atomic E-state index is 0.0145. The second kappa shape index (κ2) is 5.46. The first-order valence-corrected chi connectivity index (χ1v) is 6.64. The van der Waals surface area contributed by atoms with Crippen LogP contribution in [0.1, 0.15) is 29.1 Å². The second-order valence-electron chi connectivity index (χ2n) is 4.80. The van der Waals surface area contributed by atoms with Gasteiger partial charge in [-0.15, -0.1) is 0 Å². The Bertz CT molecular complexity index is 600. The lowest BCUT2D eigenvalue weighted by atomic mass is 10.1. The molecular weight excluding hydrogens is 258 g/mol. The highest BCUT2D eigenvalue weighted by Gasteiger charge is 2.25. The number of hydrogen-bond acceptors (Lipinski definition) is 4. The Morgan fingerprint density at radius 3 is 2.80 bits per heavy atom. The van der Waals surface area contributed by atoms with Gasteiger partial charge in [0, 0.05) is 18.6 Å². The maximum Gasteiger partial charge on any atom is 0.358 e. The minimum Gasteiger partial charge on any atom is -0.476 e. The van der Waals surface area contributed by atoms with E-state index in [0.29, 0.717) is 18.1 Å². The molecule has 1 aromatic carbocycles. The molecule has 0 spiro atoms. The molecule has 0 radical (unpaired) electrons. The van der Waals surface area contributed by atoms with Gasteiger partial charge in [0.25, 0.3) is 0 Å². The Hall–Kier alpha value is -2.14. The standard InChI is InChI=1S/C15H15NO4/c17-15(18)13-12(9-11-7-4-8-19-11)20-14(16-13)10-5-2-1-3-6-10/h1-3,5-6,11H,4,7-9H2,(H,17,18). The van der Waals surface area contributed by atoms with Crippen molar-refractivity contribution in [3.63, 3.8) is 0 Å². The maximum atomic E-state index is 11.3. The fourth-order valence-electron chi connectivity index (χ4n) is 2.37. The van der Waals surface area contributed by atoms with Crippen LogP contribution in [0.15, 0.2) is 34.7 Å². The van der Waals surface area contributed by atoms with Crippen LogP contribution in [0.3, 0.4) is 0 Å². The van der Waals surface area contributed by atoms with Crippen molar-refractivity contribution in [2.24, 2.45) is 0 Å². The molecular formula is C15H15NO4. The van der Waals surface area contributed by atoms with Crippen LogP contribution >= 0.6 is 0 Å². The lowest BCUT2D eigenvalue weighted by molar-refractivity contribution is 0.0685. The van der Waals surface area contributed by atoms with Crippen LogP contribution in [0.25, 0.3) is 11.5 Å². The summed E-state index contributed by atoms with van der Waals surface area (Å²) in [6, 6.07) is 9.29. The fourth-order valence-corrected chi connectivity index (χ4v) is 2.37. The predicted octanol–water partition coefficient (Wildman–Crippen LogP) is 2.76. The quantitative estimate of drug-likeness (QED) is 0.927. The molecule has 0 amide bonds. The Balaban J connectivity index is 1.92. The van der Waals surface area contributed by atoms with Crippen LogP contribution in [-0.4, -0.2) is 28.8 Å². The van der Waals surface area contributed by atoms with E-state index in [1.807, 2.05) is 30.3 Å². The molecule has 2 heterocycles. The van der Waals surface area contributed by atoms with Gasteiger partial charge in [0.15, 0.2) is 5.69 Å². The lowest BCUT2D eigenvalue weighted by Crippen LogP contribution is -2.11. The number of hydrogen-bond donors (Lipinski definition) is 1. The van der Waals surface area contributed by atoms with Crippen molar-refractivity contribution in [2.45, 2.75) is 25.4 Å². The summed E-state index contributed by atoms with van der Waals surface area (Å²) in [5, 5.41) is 9.24. The number of carboxylic acid groups (broad SMARTS) is 1. The van der Waals surface area contributed by atoms with Crippen LogP contribution < -0.4 is 0 Å². The highest BCUT2D eigenvalue weighted by atomic mass is 16.5. The normalized spacial score (nSPS) is 18.3. The molecule has 20 heavy (non-hydrogen) atoms. The average Bonchev–Trinajstić information content (AvgIpc) is 3.10. The Morgan fingerprint density at radius 1 is 1.35 bits per heavy atom. The molecule has 5 heteroatoms. The Labute approximate surface area is 116 Å². The number of benzene rings is 1. The SMILES string of the molecule is O=C(O)c1nc(-c2ccccc2)oc1CC1CCCO1. The van der Waals surface area contributed by atoms with Gasteiger partial charge in [-0.3, -0.25) is 0 Å². The number of oxazole rings is 1. The van der Waals surface area contributed by atoms with E-state index in [4.69, 9.17) is 9.15 Å². The molecule has 2 aromatic rings. The predicted molar refractivity (Wildman–Crippen MR) is 71.6 cm³/mol. The van der Waals surface area contributed by atoms with Crippen LogP contribution in [0.5, 0.6) is 0 Å². The fraction of sp³-hybridized carbons (Fsp3) is 0.333. The van der Waals surface area contributed by atoms with Gasteiger partial charge in [-0.2, -0.15) is 0 Å². The molecule has 0 saturated carbocycles. The zero-order valence-corrected chi connectivity index (χ0v) is 10.9. The van der Waals surface area contributed by atoms with Gasteiger partial charge >= 0.3 is 5.97 Å². The molecule has 1 atom stereocenters. The molecule has 3 rings (SSSR count). The van der Waals surface area contributed by atoms with Crippen LogP contribution in [0.2, 0.25) is 0 Å². The second-order valence-corrected chi connectivity index (χ2v) is 4.80. The number of aromatic carboxylic acids is 1. The van der Waals surface area contributed by atoms with E-state index in [1.165, 1.54) is 0 Å². The summed E-state index contributed by atoms with van der Waals surface area (Å²) in [5.74, 6) is -0.330. The largest absolute Gasteiger partial charge is 0.476 e. The molecule has 104 valence electrons. The summed E-state index contributed by atoms with van der Waals surface area (Å²) in [4.78, 5) is 15.4. The summed E-state index contributed by atoms with van der Waals surface area (Å²) >= 11 is 0. The molecule has 1 aliphatic heterocycles. The summed E-state index contributed by atoms with van der Waals surface area (Å²) in [6.07, 6.45) is 2.43. The third-order valence-corrected chi connectivity index (χ3v) is 3.36. The molecule has 5 nitrogen and oxygen atoms in total. The molecule has 1 aromatic heterocycles. The van der Waals surface area contributed by atoms with Gasteiger partial charge < -0.3 is 14.3 Å². The van der Waals surface area contributed by atoms with Crippen LogP contribution in [0, 0.1) is 0 Å². The van der Waals surface area contributed by atoms with E-state index in [-0.39, 0.29) is 11.8 Å². The van der Waals surface area contributed by atoms with E-state index in [1.54, 1.807) is 0 Å². The zero-order valence-electron chi connectivity index (χ0n) is 10.9. The highest BCUT2D eigenvalue weighted by Crippen LogP contribution is 2.25. The van der Waals surface area contributed by atoms with Gasteiger partial charge in [-0.05, 0) is 25.0 Å². The topological polar surface area (TPSA) is 72.6 Å². The van der Waals surface area contributed by atoms with Gasteiger partial charge in [-0.1, -0.05) is 18.2 Å². The molecule has 1 fully saturated rings. The van der Waals surface area contributed by atoms with E-state index in [9.17, 15) is 9.90 Å². The van der Waals surface area contributed by atoms with Crippen molar-refractivity contribution in [3.8, 4) is 11.5 Å². The number of carboxylic acids is 1. The first-order chi connectivity index (χ1) is 9.74. The minimum atomic E-state index is -1.07. The van der Waals surface area contributed by atoms with Crippen LogP contribution in [0.4, 0.5) is 0 Å². The first-order valence-electron chi connectivity index (χ1n) is 6.64. The third kappa shape index (κ3) is 2.58. The van der Waals surface area contributed by atoms with Gasteiger partial charge in [0.05, 0.1) is 6.10 Å². The summed E-state index contributed by atoms with van der Waals surface area (Å²) in [5.41, 5.74) is 0.757. The van der Waals surface area contributed by atoms with Gasteiger partial charge in [0.2, 0.25) is 5.89 Å². The first kappa shape index (κ1) is 12.9. The number of nitrogens with zero attached hydrogens (tertiary/aromatic N) is 1. The smallest absolute Gasteiger partial charge is 0.358 e. The van der Waals surface area contributed by atoms with E-state index < -0.39 is 5.97 Å². The van der Waals surface area contributed by atoms with Crippen molar-refractivity contribution in [1.82, 2.24) is 4.98 Å². The molecule has 1 saturated heterocycles. The Kier molecular flexibility index (Phi) is 3.52. The van der Waals surface area contributed by atoms with E-state index >= 15 is 0 Å². The molecule has 1 unspecified atom stereocenters. The average molecular weight is 273 g/mol. The van der Waals surface area contributed by atoms with Crippen molar-refractivity contribution in [1.29, 1.82) is 0 Å². The Morgan fingerprint density at radius 2 is 2.15 bits per heavy atom. The number of rotatable bonds is 4. The molecule has 0 aliphatic carbocycles. The van der Waals surface area contributed by atoms with Crippen molar-refractivity contribution < 1.29 is 19.1 Å². The van der Waals surface area contributed by atoms with Gasteiger partial charge in [-0.25, -0.2) is 9.78 Å². The van der Waals surface area contributed by atoms with E-state index in [2.05, 4.69) is 4.98 Å². The van der Waals surface area contributed by atoms with Crippen LogP contribution in [-0.2, 0) is 11.2 Å². The number of ether oxygens (including phenoxy) is 1. The zero-order chi connectivity index (χ0) is 13.9. The number of carbonyl (C=O) groups is 1. The van der Waals surface area contributed by atoms with Crippen molar-refractivity contribution in [2.75, 3.05) is 6.61 Å². The van der Waals surface area contributed by atoms with Crippen molar-refractivity contribution in [3.05, 3.63) is 41.8 Å². The molecule has 1 aliphatic rings. The maximum absolute atomic E-state index is 11.3. The molecule has 1 N–H and O–H groups in total. The van der Waals surface area contributed by atoms with Gasteiger partial charge in [0.1, 0.15) is 5.76 Å². The van der Waals surface area contributed by atoms with E-state index in [0.717, 1.165) is 25.0 Å². The highest BCUT2D eigenvalue weighted by molar-refractivity contribution is 5.87. The summed E-state index contributed by atoms with van der Waals surface area (Å²) in [6.45, 7) is 0.729. The summed E-state index contributed by atoms with van der Waals surface area (Å²) < 4.78 is 11.2. The molecule has 0 bridgehead atoms. The monoisotopic (exact) mass is 273 g/mol. The summed E-state index contributed by atoms with van der Waals surface area (Å²) in [7, 11) is 0. The third-order valence-electron chi connectivity index (χ3n) is 3.36. The van der Waals surface area contributed by atoms with Crippen molar-refractivity contribution >= 4 is 5.97 Å². The lowest BCUT2D eigenvalue weighted by Gasteiger charge is -2.06. The number of aromatic nitrogens is 1.